The molecule has 43 heavy (non-hydrogen) atoms. The molecule has 6 rings (SSSR count). The van der Waals surface area contributed by atoms with Crippen LogP contribution in [0.5, 0.6) is 0 Å². The number of halogens is 2. The van der Waals surface area contributed by atoms with Gasteiger partial charge >= 0.3 is 0 Å². The average Bonchev–Trinajstić information content (AvgIpc) is 3.57. The minimum absolute atomic E-state index is 0.00997. The van der Waals surface area contributed by atoms with E-state index in [9.17, 15) is 9.59 Å². The maximum atomic E-state index is 13.8. The van der Waals surface area contributed by atoms with Crippen molar-refractivity contribution >= 4 is 40.5 Å². The zero-order valence-corrected chi connectivity index (χ0v) is 25.5. The van der Waals surface area contributed by atoms with E-state index in [1.165, 1.54) is 10.7 Å². The van der Waals surface area contributed by atoms with Gasteiger partial charge in [-0.1, -0.05) is 54.8 Å². The number of hydrogen-bond donors (Lipinski definition) is 1. The summed E-state index contributed by atoms with van der Waals surface area (Å²) in [5.41, 5.74) is 3.96. The molecule has 0 spiro atoms. The van der Waals surface area contributed by atoms with Gasteiger partial charge in [0.25, 0.3) is 5.56 Å². The van der Waals surface area contributed by atoms with Crippen LogP contribution >= 0.6 is 23.2 Å². The molecule has 1 unspecified atom stereocenters. The average molecular weight is 621 g/mol. The fourth-order valence-electron chi connectivity index (χ4n) is 6.04. The topological polar surface area (TPSA) is 125 Å². The van der Waals surface area contributed by atoms with E-state index in [0.717, 1.165) is 17.8 Å². The number of nitrogens with one attached hydrogen (secondary N) is 1. The number of anilines is 1. The van der Waals surface area contributed by atoms with Crippen LogP contribution in [0.3, 0.4) is 0 Å². The van der Waals surface area contributed by atoms with Crippen molar-refractivity contribution in [2.45, 2.75) is 51.5 Å². The van der Waals surface area contributed by atoms with E-state index in [2.05, 4.69) is 34.6 Å². The molecule has 3 aromatic heterocycles. The van der Waals surface area contributed by atoms with E-state index in [0.29, 0.717) is 46.9 Å². The highest BCUT2D eigenvalue weighted by Gasteiger charge is 2.31. The fraction of sp³-hybridized carbons (Fsp3) is 0.367. The van der Waals surface area contributed by atoms with Crippen LogP contribution in [0.2, 0.25) is 10.2 Å². The van der Waals surface area contributed by atoms with Gasteiger partial charge in [-0.2, -0.15) is 5.10 Å². The lowest BCUT2D eigenvalue weighted by molar-refractivity contribution is -0.121. The molecule has 2 aliphatic rings. The van der Waals surface area contributed by atoms with Crippen LogP contribution in [0.15, 0.2) is 65.0 Å². The standard InChI is InChI=1S/C30H31Cl2N9O2/c1-17(2)20-5-4-6-26(23-11-18(9-10-33-23)29-24(36-30(20)43)14-35-39(29)3)40-16-34-22(13-28(40)42)21-12-19(31)7-8-25(21)41-15-27(32)37-38-41/h7-10,12-18,20,26H,4-6,11H2,1-3H3,(H,36,43)/t18?,20-,26-/m0/s1. The highest BCUT2D eigenvalue weighted by Crippen LogP contribution is 2.36. The Labute approximate surface area is 258 Å². The second-order valence-corrected chi connectivity index (χ2v) is 12.1. The summed E-state index contributed by atoms with van der Waals surface area (Å²) in [7, 11) is 1.87. The number of carbonyl (C=O) groups excluding carboxylic acids is 1. The highest BCUT2D eigenvalue weighted by molar-refractivity contribution is 6.31. The smallest absolute Gasteiger partial charge is 0.254 e. The molecule has 4 aromatic rings. The first-order valence-corrected chi connectivity index (χ1v) is 15.0. The summed E-state index contributed by atoms with van der Waals surface area (Å²) in [6, 6.07) is 6.41. The number of nitrogens with zero attached hydrogens (tertiary/aromatic N) is 8. The van der Waals surface area contributed by atoms with E-state index < -0.39 is 0 Å². The minimum Gasteiger partial charge on any atom is -0.323 e. The zero-order chi connectivity index (χ0) is 30.2. The lowest BCUT2D eigenvalue weighted by Crippen LogP contribution is -2.33. The maximum absolute atomic E-state index is 13.8. The molecule has 11 nitrogen and oxygen atoms in total. The third kappa shape index (κ3) is 5.79. The lowest BCUT2D eigenvalue weighted by Gasteiger charge is -2.29. The summed E-state index contributed by atoms with van der Waals surface area (Å²) < 4.78 is 4.97. The SMILES string of the molecule is CC(C)[C@@H]1CCC[C@H](n2cnc(-c3cc(Cl)ccc3-n3cc(Cl)nn3)cc2=O)C2=NC=CC(C2)c2c(cnn2C)NC1=O. The molecule has 2 aliphatic heterocycles. The molecule has 0 fully saturated rings. The van der Waals surface area contributed by atoms with E-state index in [4.69, 9.17) is 33.2 Å². The molecule has 0 aliphatic carbocycles. The fourth-order valence-corrected chi connectivity index (χ4v) is 6.34. The van der Waals surface area contributed by atoms with Gasteiger partial charge in [-0.3, -0.25) is 23.8 Å². The summed E-state index contributed by atoms with van der Waals surface area (Å²) in [5, 5.41) is 16.2. The second-order valence-electron chi connectivity index (χ2n) is 11.3. The maximum Gasteiger partial charge on any atom is 0.254 e. The summed E-state index contributed by atoms with van der Waals surface area (Å²) in [5.74, 6) is -0.117. The van der Waals surface area contributed by atoms with Gasteiger partial charge in [-0.05, 0) is 43.4 Å². The normalized spacial score (nSPS) is 20.7. The predicted molar refractivity (Wildman–Crippen MR) is 166 cm³/mol. The summed E-state index contributed by atoms with van der Waals surface area (Å²) >= 11 is 12.4. The van der Waals surface area contributed by atoms with Gasteiger partial charge < -0.3 is 5.32 Å². The number of rotatable bonds is 4. The number of fused-ring (bicyclic) bond motifs is 4. The van der Waals surface area contributed by atoms with Crippen LogP contribution in [0.1, 0.15) is 57.2 Å². The molecule has 222 valence electrons. The molecule has 0 saturated heterocycles. The molecule has 13 heteroatoms. The first kappa shape index (κ1) is 29.0. The molecule has 1 amide bonds. The van der Waals surface area contributed by atoms with Crippen LogP contribution in [-0.4, -0.2) is 45.9 Å². The highest BCUT2D eigenvalue weighted by atomic mass is 35.5. The van der Waals surface area contributed by atoms with Gasteiger partial charge in [0.2, 0.25) is 5.91 Å². The Balaban J connectivity index is 1.39. The van der Waals surface area contributed by atoms with Gasteiger partial charge in [0.1, 0.15) is 0 Å². The molecule has 1 N–H and O–H groups in total. The Hall–Kier alpha value is -4.09. The Morgan fingerprint density at radius 1 is 1.12 bits per heavy atom. The van der Waals surface area contributed by atoms with E-state index >= 15 is 0 Å². The van der Waals surface area contributed by atoms with Crippen LogP contribution in [-0.2, 0) is 11.8 Å². The number of aromatic nitrogens is 7. The van der Waals surface area contributed by atoms with Crippen molar-refractivity contribution in [3.05, 3.63) is 81.5 Å². The largest absolute Gasteiger partial charge is 0.323 e. The molecule has 3 atom stereocenters. The lowest BCUT2D eigenvalue weighted by atomic mass is 9.85. The zero-order valence-electron chi connectivity index (χ0n) is 24.0. The van der Waals surface area contributed by atoms with Crippen LogP contribution in [0.4, 0.5) is 5.69 Å². The molecule has 0 saturated carbocycles. The number of benzene rings is 1. The van der Waals surface area contributed by atoms with Gasteiger partial charge in [0.05, 0.1) is 47.5 Å². The second kappa shape index (κ2) is 11.9. The Morgan fingerprint density at radius 3 is 2.70 bits per heavy atom. The van der Waals surface area contributed by atoms with E-state index in [-0.39, 0.29) is 40.4 Å². The molecular formula is C30H31Cl2N9O2. The van der Waals surface area contributed by atoms with Crippen molar-refractivity contribution in [2.24, 2.45) is 23.9 Å². The van der Waals surface area contributed by atoms with E-state index in [1.54, 1.807) is 52.4 Å². The van der Waals surface area contributed by atoms with Crippen LogP contribution in [0, 0.1) is 11.8 Å². The molecule has 1 aromatic carbocycles. The van der Waals surface area contributed by atoms with Crippen molar-refractivity contribution in [1.82, 2.24) is 34.3 Å². The Morgan fingerprint density at radius 2 is 1.95 bits per heavy atom. The third-order valence-electron chi connectivity index (χ3n) is 8.22. The monoisotopic (exact) mass is 619 g/mol. The Kier molecular flexibility index (Phi) is 8.02. The number of allylic oxidation sites excluding steroid dienone is 1. The van der Waals surface area contributed by atoms with Crippen LogP contribution in [0.25, 0.3) is 16.9 Å². The molecule has 2 bridgehead atoms. The van der Waals surface area contributed by atoms with E-state index in [1.807, 2.05) is 13.1 Å². The molecule has 5 heterocycles. The number of carbonyl (C=O) groups is 1. The first-order valence-electron chi connectivity index (χ1n) is 14.2. The van der Waals surface area contributed by atoms with Crippen molar-refractivity contribution in [3.8, 4) is 16.9 Å². The van der Waals surface area contributed by atoms with Crippen molar-refractivity contribution in [2.75, 3.05) is 5.32 Å². The number of amides is 1. The number of hydrogen-bond acceptors (Lipinski definition) is 7. The predicted octanol–water partition coefficient (Wildman–Crippen LogP) is 5.61. The van der Waals surface area contributed by atoms with Crippen molar-refractivity contribution in [3.63, 3.8) is 0 Å². The van der Waals surface area contributed by atoms with Gasteiger partial charge in [-0.25, -0.2) is 9.67 Å². The first-order chi connectivity index (χ1) is 20.7. The number of aliphatic imine (C=N–C) groups is 1. The minimum atomic E-state index is -0.332. The molecule has 0 radical (unpaired) electrons. The van der Waals surface area contributed by atoms with Crippen LogP contribution < -0.4 is 10.9 Å². The van der Waals surface area contributed by atoms with Gasteiger partial charge in [0.15, 0.2) is 5.15 Å². The van der Waals surface area contributed by atoms with Gasteiger partial charge in [-0.15, -0.1) is 5.10 Å². The quantitative estimate of drug-likeness (QED) is 0.316. The van der Waals surface area contributed by atoms with Crippen molar-refractivity contribution in [1.29, 1.82) is 0 Å². The van der Waals surface area contributed by atoms with Crippen molar-refractivity contribution < 1.29 is 4.79 Å². The summed E-state index contributed by atoms with van der Waals surface area (Å²) in [6.45, 7) is 4.12. The van der Waals surface area contributed by atoms with Gasteiger partial charge in [0, 0.05) is 47.4 Å². The Bertz CT molecular complexity index is 1800. The number of aryl methyl sites for hydroxylation is 1. The molecular weight excluding hydrogens is 589 g/mol. The summed E-state index contributed by atoms with van der Waals surface area (Å²) in [6.07, 6.45) is 11.3. The third-order valence-corrected chi connectivity index (χ3v) is 8.63. The summed E-state index contributed by atoms with van der Waals surface area (Å²) in [4.78, 5) is 36.6.